The SMILES string of the molecule is CC(=O)Nc1nc(C)c(-c2nccn2C(F)F)s1. The van der Waals surface area contributed by atoms with Crippen molar-refractivity contribution in [3.8, 4) is 10.7 Å². The first-order valence-corrected chi connectivity index (χ1v) is 5.87. The van der Waals surface area contributed by atoms with Crippen molar-refractivity contribution in [2.45, 2.75) is 20.4 Å². The molecule has 0 aromatic carbocycles. The summed E-state index contributed by atoms with van der Waals surface area (Å²) in [5.74, 6) is -0.107. The quantitative estimate of drug-likeness (QED) is 0.934. The average Bonchev–Trinajstić information content (AvgIpc) is 2.83. The van der Waals surface area contributed by atoms with Crippen molar-refractivity contribution in [2.24, 2.45) is 0 Å². The molecule has 0 saturated carbocycles. The molecule has 0 radical (unpaired) electrons. The van der Waals surface area contributed by atoms with E-state index >= 15 is 0 Å². The second kappa shape index (κ2) is 4.81. The third-order valence-corrected chi connectivity index (χ3v) is 3.23. The first-order chi connectivity index (χ1) is 8.49. The number of carbonyl (C=O) groups is 1. The van der Waals surface area contributed by atoms with E-state index in [0.29, 0.717) is 15.7 Å². The number of thiazole rings is 1. The molecule has 2 aromatic heterocycles. The Balaban J connectivity index is 2.41. The fourth-order valence-corrected chi connectivity index (χ4v) is 2.47. The van der Waals surface area contributed by atoms with Crippen LogP contribution in [0.1, 0.15) is 19.2 Å². The van der Waals surface area contributed by atoms with Gasteiger partial charge in [-0.2, -0.15) is 8.78 Å². The number of anilines is 1. The van der Waals surface area contributed by atoms with E-state index in [2.05, 4.69) is 15.3 Å². The molecule has 0 saturated heterocycles. The number of amides is 1. The van der Waals surface area contributed by atoms with E-state index in [1.165, 1.54) is 19.3 Å². The van der Waals surface area contributed by atoms with Crippen LogP contribution in [-0.2, 0) is 4.79 Å². The Bertz CT molecular complexity index is 578. The van der Waals surface area contributed by atoms with Crippen LogP contribution in [0, 0.1) is 6.92 Å². The molecule has 96 valence electrons. The van der Waals surface area contributed by atoms with Crippen LogP contribution < -0.4 is 5.32 Å². The fourth-order valence-electron chi connectivity index (χ4n) is 1.45. The number of carbonyl (C=O) groups excluding carboxylic acids is 1. The summed E-state index contributed by atoms with van der Waals surface area (Å²) in [6.45, 7) is 0.381. The number of hydrogen-bond donors (Lipinski definition) is 1. The van der Waals surface area contributed by atoms with Crippen LogP contribution in [0.5, 0.6) is 0 Å². The van der Waals surface area contributed by atoms with Gasteiger partial charge >= 0.3 is 6.55 Å². The minimum atomic E-state index is -2.66. The molecular weight excluding hydrogens is 262 g/mol. The van der Waals surface area contributed by atoms with Gasteiger partial charge in [0.2, 0.25) is 5.91 Å². The van der Waals surface area contributed by atoms with Crippen molar-refractivity contribution in [3.63, 3.8) is 0 Å². The van der Waals surface area contributed by atoms with Gasteiger partial charge in [0.15, 0.2) is 11.0 Å². The number of hydrogen-bond acceptors (Lipinski definition) is 4. The Hall–Kier alpha value is -1.83. The van der Waals surface area contributed by atoms with Crippen molar-refractivity contribution in [1.82, 2.24) is 14.5 Å². The highest BCUT2D eigenvalue weighted by molar-refractivity contribution is 7.19. The summed E-state index contributed by atoms with van der Waals surface area (Å²) in [6, 6.07) is 0. The maximum Gasteiger partial charge on any atom is 0.320 e. The minimum Gasteiger partial charge on any atom is -0.302 e. The maximum absolute atomic E-state index is 12.7. The van der Waals surface area contributed by atoms with E-state index in [-0.39, 0.29) is 11.7 Å². The van der Waals surface area contributed by atoms with E-state index in [9.17, 15) is 13.6 Å². The van der Waals surface area contributed by atoms with Crippen molar-refractivity contribution in [1.29, 1.82) is 0 Å². The molecule has 0 unspecified atom stereocenters. The number of nitrogens with one attached hydrogen (secondary N) is 1. The highest BCUT2D eigenvalue weighted by Crippen LogP contribution is 2.33. The molecular formula is C10H10F2N4OS. The van der Waals surface area contributed by atoms with E-state index < -0.39 is 6.55 Å². The Morgan fingerprint density at radius 1 is 1.56 bits per heavy atom. The largest absolute Gasteiger partial charge is 0.320 e. The summed E-state index contributed by atoms with van der Waals surface area (Å²) in [6.07, 6.45) is 2.51. The molecule has 0 atom stereocenters. The van der Waals surface area contributed by atoms with Crippen molar-refractivity contribution in [3.05, 3.63) is 18.1 Å². The molecule has 1 N–H and O–H groups in total. The second-order valence-electron chi connectivity index (χ2n) is 3.55. The van der Waals surface area contributed by atoms with E-state index in [4.69, 9.17) is 0 Å². The predicted molar refractivity (Wildman–Crippen MR) is 63.6 cm³/mol. The lowest BCUT2D eigenvalue weighted by Gasteiger charge is -2.04. The smallest absolute Gasteiger partial charge is 0.302 e. The minimum absolute atomic E-state index is 0.150. The van der Waals surface area contributed by atoms with E-state index in [1.54, 1.807) is 6.92 Å². The van der Waals surface area contributed by atoms with Gasteiger partial charge in [0.05, 0.1) is 10.6 Å². The predicted octanol–water partition coefficient (Wildman–Crippen LogP) is 2.67. The molecule has 8 heteroatoms. The van der Waals surface area contributed by atoms with Crippen molar-refractivity contribution in [2.75, 3.05) is 5.32 Å². The van der Waals surface area contributed by atoms with E-state index in [1.807, 2.05) is 0 Å². The lowest BCUT2D eigenvalue weighted by atomic mass is 10.4. The van der Waals surface area contributed by atoms with Gasteiger partial charge in [-0.1, -0.05) is 11.3 Å². The van der Waals surface area contributed by atoms with Crippen LogP contribution in [0.4, 0.5) is 13.9 Å². The van der Waals surface area contributed by atoms with E-state index in [0.717, 1.165) is 15.9 Å². The Morgan fingerprint density at radius 3 is 2.89 bits per heavy atom. The first-order valence-electron chi connectivity index (χ1n) is 5.05. The Labute approximate surface area is 105 Å². The van der Waals surface area contributed by atoms with Crippen LogP contribution in [0.25, 0.3) is 10.7 Å². The summed E-state index contributed by atoms with van der Waals surface area (Å²) >= 11 is 1.12. The average molecular weight is 272 g/mol. The third kappa shape index (κ3) is 2.37. The van der Waals surface area contributed by atoms with Crippen LogP contribution in [0.2, 0.25) is 0 Å². The molecule has 2 rings (SSSR count). The number of nitrogens with zero attached hydrogens (tertiary/aromatic N) is 3. The first kappa shape index (κ1) is 12.6. The normalized spacial score (nSPS) is 10.9. The molecule has 0 aliphatic heterocycles. The Kier molecular flexibility index (Phi) is 3.37. The molecule has 0 aliphatic carbocycles. The van der Waals surface area contributed by atoms with Gasteiger partial charge in [-0.05, 0) is 6.92 Å². The highest BCUT2D eigenvalue weighted by atomic mass is 32.1. The molecule has 0 fully saturated rings. The monoisotopic (exact) mass is 272 g/mol. The second-order valence-corrected chi connectivity index (χ2v) is 4.55. The maximum atomic E-state index is 12.7. The number of alkyl halides is 2. The van der Waals surface area contributed by atoms with Gasteiger partial charge in [0.25, 0.3) is 0 Å². The third-order valence-electron chi connectivity index (χ3n) is 2.16. The summed E-state index contributed by atoms with van der Waals surface area (Å²) in [4.78, 5) is 19.4. The van der Waals surface area contributed by atoms with Gasteiger partial charge in [0.1, 0.15) is 0 Å². The van der Waals surface area contributed by atoms with Crippen LogP contribution in [0.15, 0.2) is 12.4 Å². The summed E-state index contributed by atoms with van der Waals surface area (Å²) in [5.41, 5.74) is 0.553. The van der Waals surface area contributed by atoms with Crippen molar-refractivity contribution < 1.29 is 13.6 Å². The summed E-state index contributed by atoms with van der Waals surface area (Å²) in [7, 11) is 0. The molecule has 2 heterocycles. The lowest BCUT2D eigenvalue weighted by molar-refractivity contribution is -0.114. The highest BCUT2D eigenvalue weighted by Gasteiger charge is 2.18. The topological polar surface area (TPSA) is 59.8 Å². The van der Waals surface area contributed by atoms with Crippen molar-refractivity contribution >= 4 is 22.4 Å². The van der Waals surface area contributed by atoms with Gasteiger partial charge in [-0.15, -0.1) is 0 Å². The van der Waals surface area contributed by atoms with Gasteiger partial charge in [-0.3, -0.25) is 9.36 Å². The molecule has 0 spiro atoms. The Morgan fingerprint density at radius 2 is 2.28 bits per heavy atom. The molecule has 0 aliphatic rings. The van der Waals surface area contributed by atoms with Gasteiger partial charge in [-0.25, -0.2) is 9.97 Å². The zero-order chi connectivity index (χ0) is 13.3. The molecule has 2 aromatic rings. The van der Waals surface area contributed by atoms with Gasteiger partial charge < -0.3 is 5.32 Å². The summed E-state index contributed by atoms with van der Waals surface area (Å²) in [5, 5.41) is 2.89. The van der Waals surface area contributed by atoms with Gasteiger partial charge in [0, 0.05) is 19.3 Å². The van der Waals surface area contributed by atoms with Crippen LogP contribution in [-0.4, -0.2) is 20.4 Å². The number of aromatic nitrogens is 3. The number of halogens is 2. The molecule has 18 heavy (non-hydrogen) atoms. The zero-order valence-corrected chi connectivity index (χ0v) is 10.5. The molecule has 1 amide bonds. The molecule has 5 nitrogen and oxygen atoms in total. The lowest BCUT2D eigenvalue weighted by Crippen LogP contribution is -2.04. The fraction of sp³-hybridized carbons (Fsp3) is 0.300. The summed E-state index contributed by atoms with van der Waals surface area (Å²) < 4.78 is 26.2. The zero-order valence-electron chi connectivity index (χ0n) is 9.65. The number of imidazole rings is 1. The van der Waals surface area contributed by atoms with Crippen LogP contribution >= 0.6 is 11.3 Å². The standard InChI is InChI=1S/C10H10F2N4OS/c1-5-7(18-10(14-5)15-6(2)17)8-13-3-4-16(8)9(11)12/h3-4,9H,1-2H3,(H,14,15,17). The number of aryl methyl sites for hydroxylation is 1. The van der Waals surface area contributed by atoms with Crippen LogP contribution in [0.3, 0.4) is 0 Å². The number of rotatable bonds is 3. The molecule has 0 bridgehead atoms.